The van der Waals surface area contributed by atoms with E-state index in [1.165, 1.54) is 12.1 Å². The van der Waals surface area contributed by atoms with Gasteiger partial charge >= 0.3 is 0 Å². The van der Waals surface area contributed by atoms with E-state index in [1.54, 1.807) is 11.8 Å². The molecule has 94 valence electrons. The van der Waals surface area contributed by atoms with Crippen LogP contribution in [0.25, 0.3) is 0 Å². The number of halogens is 1. The van der Waals surface area contributed by atoms with Gasteiger partial charge in [0.25, 0.3) is 5.91 Å². The van der Waals surface area contributed by atoms with Crippen LogP contribution in [0.3, 0.4) is 0 Å². The zero-order valence-corrected chi connectivity index (χ0v) is 10.2. The first kappa shape index (κ1) is 13.9. The van der Waals surface area contributed by atoms with Gasteiger partial charge in [-0.2, -0.15) is 11.8 Å². The van der Waals surface area contributed by atoms with Crippen LogP contribution in [0.15, 0.2) is 18.3 Å². The molecule has 1 heterocycles. The van der Waals surface area contributed by atoms with E-state index in [0.717, 1.165) is 24.1 Å². The van der Waals surface area contributed by atoms with E-state index in [9.17, 15) is 9.18 Å². The lowest BCUT2D eigenvalue weighted by molar-refractivity contribution is 0.0951. The molecule has 0 saturated carbocycles. The molecule has 1 aromatic heterocycles. The van der Waals surface area contributed by atoms with E-state index in [-0.39, 0.29) is 18.2 Å². The largest absolute Gasteiger partial charge is 0.396 e. The van der Waals surface area contributed by atoms with Gasteiger partial charge in [-0.3, -0.25) is 4.79 Å². The van der Waals surface area contributed by atoms with Gasteiger partial charge in [-0.1, -0.05) is 0 Å². The number of aromatic nitrogens is 1. The fourth-order valence-electron chi connectivity index (χ4n) is 1.11. The van der Waals surface area contributed by atoms with Crippen molar-refractivity contribution in [1.29, 1.82) is 0 Å². The molecule has 6 heteroatoms. The third-order valence-electron chi connectivity index (χ3n) is 1.94. The molecule has 0 radical (unpaired) electrons. The van der Waals surface area contributed by atoms with Gasteiger partial charge in [-0.15, -0.1) is 0 Å². The highest BCUT2D eigenvalue weighted by Crippen LogP contribution is 2.01. The molecule has 0 unspecified atom stereocenters. The molecule has 0 aliphatic carbocycles. The van der Waals surface area contributed by atoms with E-state index in [1.807, 2.05) is 0 Å². The number of carbonyl (C=O) groups excluding carboxylic acids is 1. The summed E-state index contributed by atoms with van der Waals surface area (Å²) in [5, 5.41) is 11.2. The lowest BCUT2D eigenvalue weighted by Gasteiger charge is -2.04. The Balaban J connectivity index is 2.19. The van der Waals surface area contributed by atoms with Crippen molar-refractivity contribution >= 4 is 17.7 Å². The van der Waals surface area contributed by atoms with Crippen LogP contribution in [0.2, 0.25) is 0 Å². The summed E-state index contributed by atoms with van der Waals surface area (Å²) in [5.74, 6) is 0.905. The van der Waals surface area contributed by atoms with Gasteiger partial charge in [0.1, 0.15) is 11.5 Å². The monoisotopic (exact) mass is 258 g/mol. The number of rotatable bonds is 7. The molecule has 4 nitrogen and oxygen atoms in total. The summed E-state index contributed by atoms with van der Waals surface area (Å²) in [6.07, 6.45) is 1.78. The maximum Gasteiger partial charge on any atom is 0.269 e. The second-order valence-electron chi connectivity index (χ2n) is 3.31. The molecular formula is C11H15FN2O2S. The Hall–Kier alpha value is -1.14. The Kier molecular flexibility index (Phi) is 6.57. The van der Waals surface area contributed by atoms with Crippen LogP contribution in [0, 0.1) is 5.82 Å². The van der Waals surface area contributed by atoms with Crippen LogP contribution in [-0.4, -0.2) is 40.7 Å². The van der Waals surface area contributed by atoms with Crippen molar-refractivity contribution in [3.8, 4) is 0 Å². The van der Waals surface area contributed by atoms with E-state index in [2.05, 4.69) is 10.3 Å². The van der Waals surface area contributed by atoms with E-state index in [0.29, 0.717) is 6.54 Å². The SMILES string of the molecule is O=C(NCCSCCCO)c1ccc(F)cn1. The summed E-state index contributed by atoms with van der Waals surface area (Å²) in [7, 11) is 0. The lowest BCUT2D eigenvalue weighted by Crippen LogP contribution is -2.26. The molecule has 0 bridgehead atoms. The number of hydrogen-bond donors (Lipinski definition) is 2. The Bertz CT molecular complexity index is 346. The number of amides is 1. The predicted molar refractivity (Wildman–Crippen MR) is 65.6 cm³/mol. The van der Waals surface area contributed by atoms with E-state index < -0.39 is 5.82 Å². The van der Waals surface area contributed by atoms with Crippen molar-refractivity contribution in [3.63, 3.8) is 0 Å². The highest BCUT2D eigenvalue weighted by atomic mass is 32.2. The fraction of sp³-hybridized carbons (Fsp3) is 0.455. The summed E-state index contributed by atoms with van der Waals surface area (Å²) in [5.41, 5.74) is 0.215. The minimum absolute atomic E-state index is 0.193. The van der Waals surface area contributed by atoms with Gasteiger partial charge in [-0.25, -0.2) is 9.37 Å². The summed E-state index contributed by atoms with van der Waals surface area (Å²) in [6.45, 7) is 0.729. The number of pyridine rings is 1. The Morgan fingerprint density at radius 3 is 2.94 bits per heavy atom. The normalized spacial score (nSPS) is 10.2. The number of nitrogens with one attached hydrogen (secondary N) is 1. The molecule has 1 amide bonds. The van der Waals surface area contributed by atoms with Crippen molar-refractivity contribution in [1.82, 2.24) is 10.3 Å². The van der Waals surface area contributed by atoms with Crippen LogP contribution < -0.4 is 5.32 Å². The second kappa shape index (κ2) is 8.03. The molecule has 0 saturated heterocycles. The smallest absolute Gasteiger partial charge is 0.269 e. The topological polar surface area (TPSA) is 62.2 Å². The maximum atomic E-state index is 12.6. The van der Waals surface area contributed by atoms with E-state index >= 15 is 0 Å². The molecular weight excluding hydrogens is 243 g/mol. The third-order valence-corrected chi connectivity index (χ3v) is 3.01. The molecule has 0 aromatic carbocycles. The number of aliphatic hydroxyl groups excluding tert-OH is 1. The standard InChI is InChI=1S/C11H15FN2O2S/c12-9-2-3-10(14-8-9)11(16)13-4-7-17-6-1-5-15/h2-3,8,15H,1,4-7H2,(H,13,16). The Morgan fingerprint density at radius 2 is 2.29 bits per heavy atom. The minimum atomic E-state index is -0.457. The summed E-state index contributed by atoms with van der Waals surface area (Å²) in [6, 6.07) is 2.56. The zero-order chi connectivity index (χ0) is 12.5. The van der Waals surface area contributed by atoms with Crippen LogP contribution in [0.4, 0.5) is 4.39 Å². The van der Waals surface area contributed by atoms with Gasteiger partial charge in [0.15, 0.2) is 0 Å². The summed E-state index contributed by atoms with van der Waals surface area (Å²) < 4.78 is 12.6. The highest BCUT2D eigenvalue weighted by Gasteiger charge is 2.05. The number of aliphatic hydroxyl groups is 1. The van der Waals surface area contributed by atoms with Gasteiger partial charge < -0.3 is 10.4 Å². The summed E-state index contributed by atoms with van der Waals surface area (Å²) in [4.78, 5) is 15.2. The van der Waals surface area contributed by atoms with Crippen LogP contribution in [0.5, 0.6) is 0 Å². The zero-order valence-electron chi connectivity index (χ0n) is 9.36. The van der Waals surface area contributed by atoms with Gasteiger partial charge in [-0.05, 0) is 24.3 Å². The molecule has 0 aliphatic heterocycles. The maximum absolute atomic E-state index is 12.6. The first-order valence-corrected chi connectivity index (χ1v) is 6.48. The highest BCUT2D eigenvalue weighted by molar-refractivity contribution is 7.99. The molecule has 0 aliphatic rings. The molecule has 1 rings (SSSR count). The third kappa shape index (κ3) is 5.65. The van der Waals surface area contributed by atoms with Crippen molar-refractivity contribution < 1.29 is 14.3 Å². The molecule has 0 fully saturated rings. The second-order valence-corrected chi connectivity index (χ2v) is 4.53. The minimum Gasteiger partial charge on any atom is -0.396 e. The van der Waals surface area contributed by atoms with Gasteiger partial charge in [0, 0.05) is 18.9 Å². The Morgan fingerprint density at radius 1 is 1.47 bits per heavy atom. The van der Waals surface area contributed by atoms with Gasteiger partial charge in [0.05, 0.1) is 6.20 Å². The lowest BCUT2D eigenvalue weighted by atomic mass is 10.3. The van der Waals surface area contributed by atoms with Crippen molar-refractivity contribution in [2.24, 2.45) is 0 Å². The van der Waals surface area contributed by atoms with Crippen molar-refractivity contribution in [2.75, 3.05) is 24.7 Å². The molecule has 2 N–H and O–H groups in total. The summed E-state index contributed by atoms with van der Waals surface area (Å²) >= 11 is 1.66. The van der Waals surface area contributed by atoms with Crippen molar-refractivity contribution in [3.05, 3.63) is 29.8 Å². The first-order chi connectivity index (χ1) is 8.24. The number of carbonyl (C=O) groups is 1. The van der Waals surface area contributed by atoms with Crippen LogP contribution in [-0.2, 0) is 0 Å². The van der Waals surface area contributed by atoms with Crippen molar-refractivity contribution in [2.45, 2.75) is 6.42 Å². The molecule has 0 atom stereocenters. The number of nitrogens with zero attached hydrogens (tertiary/aromatic N) is 1. The Labute approximate surface area is 104 Å². The fourth-order valence-corrected chi connectivity index (χ4v) is 1.89. The van der Waals surface area contributed by atoms with E-state index in [4.69, 9.17) is 5.11 Å². The quantitative estimate of drug-likeness (QED) is 0.718. The van der Waals surface area contributed by atoms with Gasteiger partial charge in [0.2, 0.25) is 0 Å². The molecule has 17 heavy (non-hydrogen) atoms. The average molecular weight is 258 g/mol. The molecule has 1 aromatic rings. The van der Waals surface area contributed by atoms with Crippen LogP contribution >= 0.6 is 11.8 Å². The predicted octanol–water partition coefficient (Wildman–Crippen LogP) is 1.07. The first-order valence-electron chi connectivity index (χ1n) is 5.32. The van der Waals surface area contributed by atoms with Crippen LogP contribution in [0.1, 0.15) is 16.9 Å². The molecule has 0 spiro atoms. The number of hydrogen-bond acceptors (Lipinski definition) is 4. The average Bonchev–Trinajstić information content (AvgIpc) is 2.34. The number of thioether (sulfide) groups is 1.